The summed E-state index contributed by atoms with van der Waals surface area (Å²) in [6.45, 7) is -0.140. The van der Waals surface area contributed by atoms with Gasteiger partial charge in [-0.1, -0.05) is 0 Å². The molecule has 4 nitrogen and oxygen atoms in total. The molecule has 1 aliphatic carbocycles. The highest BCUT2D eigenvalue weighted by atomic mass is 19.4. The number of alkyl halides is 3. The monoisotopic (exact) mass is 254 g/mol. The van der Waals surface area contributed by atoms with E-state index in [1.54, 1.807) is 0 Å². The number of methoxy groups -OCH3 is 1. The predicted molar refractivity (Wildman–Crippen MR) is 55.5 cm³/mol. The quantitative estimate of drug-likeness (QED) is 0.707. The summed E-state index contributed by atoms with van der Waals surface area (Å²) in [6, 6.07) is -1.56. The van der Waals surface area contributed by atoms with Gasteiger partial charge in [-0.25, -0.2) is 0 Å². The third kappa shape index (κ3) is 5.88. The Morgan fingerprint density at radius 3 is 2.59 bits per heavy atom. The van der Waals surface area contributed by atoms with Gasteiger partial charge in [-0.3, -0.25) is 4.79 Å². The van der Waals surface area contributed by atoms with E-state index in [1.165, 1.54) is 7.11 Å². The summed E-state index contributed by atoms with van der Waals surface area (Å²) in [5, 5.41) is 4.90. The van der Waals surface area contributed by atoms with Crippen LogP contribution in [0, 0.1) is 0 Å². The number of carbonyl (C=O) groups excluding carboxylic acids is 1. The fourth-order valence-electron chi connectivity index (χ4n) is 1.41. The lowest BCUT2D eigenvalue weighted by molar-refractivity contribution is -0.157. The Balaban J connectivity index is 2.26. The zero-order valence-electron chi connectivity index (χ0n) is 9.64. The summed E-state index contributed by atoms with van der Waals surface area (Å²) in [6.07, 6.45) is -2.84. The van der Waals surface area contributed by atoms with Crippen LogP contribution in [0.2, 0.25) is 0 Å². The molecule has 1 amide bonds. The number of hydrogen-bond acceptors (Lipinski definition) is 3. The molecular formula is C10H17F3N2O2. The van der Waals surface area contributed by atoms with E-state index in [-0.39, 0.29) is 25.6 Å². The number of ether oxygens (including phenoxy) is 1. The Morgan fingerprint density at radius 1 is 1.47 bits per heavy atom. The van der Waals surface area contributed by atoms with Crippen molar-refractivity contribution in [2.45, 2.75) is 37.5 Å². The van der Waals surface area contributed by atoms with Crippen molar-refractivity contribution in [2.75, 3.05) is 20.3 Å². The van der Waals surface area contributed by atoms with Crippen LogP contribution in [-0.2, 0) is 9.53 Å². The largest absolute Gasteiger partial charge is 0.403 e. The second-order valence-corrected chi connectivity index (χ2v) is 4.11. The molecule has 0 bridgehead atoms. The van der Waals surface area contributed by atoms with Gasteiger partial charge in [-0.15, -0.1) is 0 Å². The van der Waals surface area contributed by atoms with E-state index in [4.69, 9.17) is 0 Å². The zero-order valence-corrected chi connectivity index (χ0v) is 9.64. The van der Waals surface area contributed by atoms with Gasteiger partial charge in [0.25, 0.3) is 0 Å². The van der Waals surface area contributed by atoms with Gasteiger partial charge >= 0.3 is 6.18 Å². The van der Waals surface area contributed by atoms with Crippen LogP contribution in [0.25, 0.3) is 0 Å². The van der Waals surface area contributed by atoms with Crippen molar-refractivity contribution < 1.29 is 22.7 Å². The smallest absolute Gasteiger partial charge is 0.375 e. The lowest BCUT2D eigenvalue weighted by atomic mass is 10.2. The molecule has 1 fully saturated rings. The van der Waals surface area contributed by atoms with Gasteiger partial charge in [0.2, 0.25) is 5.91 Å². The van der Waals surface area contributed by atoms with Crippen molar-refractivity contribution in [1.29, 1.82) is 0 Å². The Labute approximate surface area is 97.9 Å². The first kappa shape index (κ1) is 14.2. The van der Waals surface area contributed by atoms with E-state index < -0.39 is 18.1 Å². The maximum atomic E-state index is 12.6. The summed E-state index contributed by atoms with van der Waals surface area (Å²) >= 11 is 0. The summed E-state index contributed by atoms with van der Waals surface area (Å²) in [5.74, 6) is -0.403. The fourth-order valence-corrected chi connectivity index (χ4v) is 1.41. The Hall–Kier alpha value is -0.820. The Kier molecular flexibility index (Phi) is 5.20. The average Bonchev–Trinajstić information content (AvgIpc) is 2.99. The van der Waals surface area contributed by atoms with Crippen LogP contribution in [0.15, 0.2) is 0 Å². The first-order valence-corrected chi connectivity index (χ1v) is 5.52. The molecule has 0 aromatic carbocycles. The number of amides is 1. The van der Waals surface area contributed by atoms with Crippen LogP contribution in [0.3, 0.4) is 0 Å². The SMILES string of the molecule is COCC(=O)NCCC(NC1CC1)C(F)(F)F. The van der Waals surface area contributed by atoms with Gasteiger partial charge in [0, 0.05) is 19.7 Å². The van der Waals surface area contributed by atoms with E-state index in [2.05, 4.69) is 15.4 Å². The number of nitrogens with one attached hydrogen (secondary N) is 2. The van der Waals surface area contributed by atoms with E-state index in [0.717, 1.165) is 12.8 Å². The molecule has 0 heterocycles. The normalized spacial score (nSPS) is 17.9. The van der Waals surface area contributed by atoms with Gasteiger partial charge in [0.15, 0.2) is 0 Å². The van der Waals surface area contributed by atoms with Crippen LogP contribution < -0.4 is 10.6 Å². The molecule has 1 aliphatic rings. The van der Waals surface area contributed by atoms with E-state index in [1.807, 2.05) is 0 Å². The first-order chi connectivity index (χ1) is 7.93. The van der Waals surface area contributed by atoms with Crippen LogP contribution in [0.1, 0.15) is 19.3 Å². The van der Waals surface area contributed by atoms with Crippen LogP contribution in [0.4, 0.5) is 13.2 Å². The van der Waals surface area contributed by atoms with Crippen LogP contribution >= 0.6 is 0 Å². The minimum absolute atomic E-state index is 0.00785. The van der Waals surface area contributed by atoms with Gasteiger partial charge in [-0.05, 0) is 19.3 Å². The molecule has 17 heavy (non-hydrogen) atoms. The highest BCUT2D eigenvalue weighted by Gasteiger charge is 2.41. The van der Waals surface area contributed by atoms with Crippen LogP contribution in [0.5, 0.6) is 0 Å². The molecule has 0 aliphatic heterocycles. The molecule has 0 aromatic heterocycles. The molecule has 0 radical (unpaired) electrons. The van der Waals surface area contributed by atoms with E-state index in [9.17, 15) is 18.0 Å². The third-order valence-corrected chi connectivity index (χ3v) is 2.44. The standard InChI is InChI=1S/C10H17F3N2O2/c1-17-6-9(16)14-5-4-8(10(11,12)13)15-7-2-3-7/h7-8,15H,2-6H2,1H3,(H,14,16). The molecule has 1 atom stereocenters. The van der Waals surface area contributed by atoms with Crippen molar-refractivity contribution in [3.63, 3.8) is 0 Å². The third-order valence-electron chi connectivity index (χ3n) is 2.44. The molecule has 1 unspecified atom stereocenters. The summed E-state index contributed by atoms with van der Waals surface area (Å²) in [5.41, 5.74) is 0. The average molecular weight is 254 g/mol. The highest BCUT2D eigenvalue weighted by molar-refractivity contribution is 5.77. The van der Waals surface area contributed by atoms with Gasteiger partial charge in [-0.2, -0.15) is 13.2 Å². The molecule has 1 rings (SSSR count). The second kappa shape index (κ2) is 6.20. The fraction of sp³-hybridized carbons (Fsp3) is 0.900. The zero-order chi connectivity index (χ0) is 12.9. The van der Waals surface area contributed by atoms with Gasteiger partial charge in [0.1, 0.15) is 12.6 Å². The molecular weight excluding hydrogens is 237 g/mol. The topological polar surface area (TPSA) is 50.4 Å². The van der Waals surface area contributed by atoms with E-state index in [0.29, 0.717) is 0 Å². The number of carbonyl (C=O) groups is 1. The predicted octanol–water partition coefficient (Wildman–Crippen LogP) is 0.822. The van der Waals surface area contributed by atoms with Gasteiger partial charge < -0.3 is 15.4 Å². The lowest BCUT2D eigenvalue weighted by Gasteiger charge is -2.21. The Morgan fingerprint density at radius 2 is 2.12 bits per heavy atom. The second-order valence-electron chi connectivity index (χ2n) is 4.11. The Bertz CT molecular complexity index is 254. The van der Waals surface area contributed by atoms with Crippen molar-refractivity contribution in [1.82, 2.24) is 10.6 Å². The lowest BCUT2D eigenvalue weighted by Crippen LogP contribution is -2.45. The van der Waals surface area contributed by atoms with Crippen molar-refractivity contribution in [3.8, 4) is 0 Å². The summed E-state index contributed by atoms with van der Waals surface area (Å²) < 4.78 is 42.3. The number of rotatable bonds is 7. The minimum atomic E-state index is -4.27. The van der Waals surface area contributed by atoms with Crippen molar-refractivity contribution in [3.05, 3.63) is 0 Å². The van der Waals surface area contributed by atoms with Crippen molar-refractivity contribution in [2.24, 2.45) is 0 Å². The highest BCUT2D eigenvalue weighted by Crippen LogP contribution is 2.27. The maximum Gasteiger partial charge on any atom is 0.403 e. The summed E-state index contributed by atoms with van der Waals surface area (Å²) in [7, 11) is 1.35. The summed E-state index contributed by atoms with van der Waals surface area (Å²) in [4.78, 5) is 11.0. The molecule has 0 saturated heterocycles. The number of hydrogen-bond donors (Lipinski definition) is 2. The molecule has 2 N–H and O–H groups in total. The molecule has 100 valence electrons. The molecule has 7 heteroatoms. The minimum Gasteiger partial charge on any atom is -0.375 e. The first-order valence-electron chi connectivity index (χ1n) is 5.52. The van der Waals surface area contributed by atoms with E-state index >= 15 is 0 Å². The van der Waals surface area contributed by atoms with Gasteiger partial charge in [0.05, 0.1) is 0 Å². The number of halogens is 3. The molecule has 0 aromatic rings. The molecule has 1 saturated carbocycles. The molecule has 0 spiro atoms. The maximum absolute atomic E-state index is 12.6. The van der Waals surface area contributed by atoms with Crippen molar-refractivity contribution >= 4 is 5.91 Å². The van der Waals surface area contributed by atoms with Crippen LogP contribution in [-0.4, -0.2) is 44.4 Å².